The third-order valence-corrected chi connectivity index (χ3v) is 6.52. The molecule has 21 heavy (non-hydrogen) atoms. The number of thiophene rings is 1. The predicted octanol–water partition coefficient (Wildman–Crippen LogP) is 1.88. The van der Waals surface area contributed by atoms with Gasteiger partial charge in [0.15, 0.2) is 0 Å². The first-order valence-corrected chi connectivity index (χ1v) is 9.04. The Kier molecular flexibility index (Phi) is 5.15. The van der Waals surface area contributed by atoms with Crippen LogP contribution in [-0.4, -0.2) is 50.5 Å². The summed E-state index contributed by atoms with van der Waals surface area (Å²) in [6.07, 6.45) is 2.08. The van der Waals surface area contributed by atoms with E-state index in [4.69, 9.17) is 11.6 Å². The molecular formula is C12H17ClN4O2S2. The fourth-order valence-corrected chi connectivity index (χ4v) is 5.05. The lowest BCUT2D eigenvalue weighted by Crippen LogP contribution is -2.27. The first-order chi connectivity index (χ1) is 9.83. The molecule has 1 N–H and O–H groups in total. The number of sulfonamides is 1. The molecule has 0 radical (unpaired) electrons. The van der Waals surface area contributed by atoms with Crippen molar-refractivity contribution < 1.29 is 8.42 Å². The lowest BCUT2D eigenvalue weighted by molar-refractivity contribution is 0.400. The van der Waals surface area contributed by atoms with Crippen molar-refractivity contribution in [1.29, 1.82) is 0 Å². The van der Waals surface area contributed by atoms with Crippen LogP contribution in [-0.2, 0) is 10.0 Å². The maximum atomic E-state index is 12.4. The smallest absolute Gasteiger partial charge is 0.250 e. The van der Waals surface area contributed by atoms with E-state index in [0.29, 0.717) is 22.3 Å². The van der Waals surface area contributed by atoms with Crippen molar-refractivity contribution in [3.8, 4) is 0 Å². The van der Waals surface area contributed by atoms with E-state index in [2.05, 4.69) is 14.7 Å². The summed E-state index contributed by atoms with van der Waals surface area (Å²) in [6, 6.07) is 0. The number of hydrogen-bond donors (Lipinski definition) is 1. The highest BCUT2D eigenvalue weighted by Gasteiger charge is 2.23. The van der Waals surface area contributed by atoms with Gasteiger partial charge in [0.25, 0.3) is 0 Å². The summed E-state index contributed by atoms with van der Waals surface area (Å²) >= 11 is 7.14. The van der Waals surface area contributed by atoms with Gasteiger partial charge >= 0.3 is 0 Å². The van der Waals surface area contributed by atoms with Crippen LogP contribution in [0.3, 0.4) is 0 Å². The molecule has 2 aromatic rings. The van der Waals surface area contributed by atoms with Gasteiger partial charge in [-0.25, -0.2) is 23.1 Å². The summed E-state index contributed by atoms with van der Waals surface area (Å²) in [5, 5.41) is 0.889. The van der Waals surface area contributed by atoms with Crippen molar-refractivity contribution in [2.75, 3.05) is 27.2 Å². The molecule has 0 atom stereocenters. The molecule has 0 aliphatic rings. The monoisotopic (exact) mass is 348 g/mol. The summed E-state index contributed by atoms with van der Waals surface area (Å²) in [5.41, 5.74) is 0.598. The van der Waals surface area contributed by atoms with Gasteiger partial charge in [-0.2, -0.15) is 0 Å². The second-order valence-corrected chi connectivity index (χ2v) is 8.23. The zero-order chi connectivity index (χ0) is 15.6. The van der Waals surface area contributed by atoms with Crippen LogP contribution in [0.4, 0.5) is 0 Å². The van der Waals surface area contributed by atoms with Crippen LogP contribution < -0.4 is 4.72 Å². The van der Waals surface area contributed by atoms with Gasteiger partial charge in [-0.3, -0.25) is 0 Å². The average Bonchev–Trinajstić information content (AvgIpc) is 2.74. The second-order valence-electron chi connectivity index (χ2n) is 4.91. The fraction of sp³-hybridized carbons (Fsp3) is 0.500. The van der Waals surface area contributed by atoms with Crippen LogP contribution >= 0.6 is 22.9 Å². The Morgan fingerprint density at radius 2 is 2.10 bits per heavy atom. The molecule has 0 aliphatic carbocycles. The molecule has 0 amide bonds. The zero-order valence-electron chi connectivity index (χ0n) is 12.1. The van der Waals surface area contributed by atoms with Crippen LogP contribution in [0.15, 0.2) is 10.5 Å². The molecule has 0 aliphatic heterocycles. The van der Waals surface area contributed by atoms with E-state index in [1.807, 2.05) is 19.0 Å². The molecule has 0 aromatic carbocycles. The van der Waals surface area contributed by atoms with Gasteiger partial charge in [0.1, 0.15) is 20.5 Å². The summed E-state index contributed by atoms with van der Waals surface area (Å²) in [7, 11) is 0.355. The van der Waals surface area contributed by atoms with E-state index in [0.717, 1.165) is 24.3 Å². The average molecular weight is 349 g/mol. The Morgan fingerprint density at radius 3 is 2.71 bits per heavy atom. The van der Waals surface area contributed by atoms with E-state index >= 15 is 0 Å². The van der Waals surface area contributed by atoms with Crippen LogP contribution in [0.1, 0.15) is 12.0 Å². The van der Waals surface area contributed by atoms with Crippen molar-refractivity contribution in [3.63, 3.8) is 0 Å². The molecule has 0 saturated carbocycles. The molecule has 2 heterocycles. The highest BCUT2D eigenvalue weighted by Crippen LogP contribution is 2.35. The summed E-state index contributed by atoms with van der Waals surface area (Å²) in [4.78, 5) is 10.6. The van der Waals surface area contributed by atoms with Crippen molar-refractivity contribution >= 4 is 43.2 Å². The number of halogens is 1. The van der Waals surface area contributed by atoms with Crippen LogP contribution in [0.5, 0.6) is 0 Å². The van der Waals surface area contributed by atoms with Gasteiger partial charge in [-0.05, 0) is 39.5 Å². The maximum Gasteiger partial charge on any atom is 0.250 e. The topological polar surface area (TPSA) is 75.2 Å². The van der Waals surface area contributed by atoms with Crippen LogP contribution in [0.2, 0.25) is 5.15 Å². The number of nitrogens with zero attached hydrogens (tertiary/aromatic N) is 3. The van der Waals surface area contributed by atoms with Crippen molar-refractivity contribution in [3.05, 3.63) is 17.0 Å². The zero-order valence-corrected chi connectivity index (χ0v) is 14.4. The number of fused-ring (bicyclic) bond motifs is 1. The number of aromatic nitrogens is 2. The lowest BCUT2D eigenvalue weighted by atomic mass is 10.3. The van der Waals surface area contributed by atoms with E-state index < -0.39 is 10.0 Å². The molecule has 0 fully saturated rings. The third kappa shape index (κ3) is 3.70. The highest BCUT2D eigenvalue weighted by atomic mass is 35.5. The molecule has 6 nitrogen and oxygen atoms in total. The first-order valence-electron chi connectivity index (χ1n) is 6.37. The van der Waals surface area contributed by atoms with Crippen molar-refractivity contribution in [1.82, 2.24) is 19.6 Å². The van der Waals surface area contributed by atoms with Crippen molar-refractivity contribution in [2.45, 2.75) is 17.6 Å². The minimum Gasteiger partial charge on any atom is -0.309 e. The van der Waals surface area contributed by atoms with Gasteiger partial charge in [0, 0.05) is 6.54 Å². The van der Waals surface area contributed by atoms with Gasteiger partial charge in [0.05, 0.1) is 5.39 Å². The van der Waals surface area contributed by atoms with Crippen molar-refractivity contribution in [2.24, 2.45) is 0 Å². The highest BCUT2D eigenvalue weighted by molar-refractivity contribution is 7.91. The Morgan fingerprint density at radius 1 is 1.38 bits per heavy atom. The minimum absolute atomic E-state index is 0.254. The number of hydrogen-bond acceptors (Lipinski definition) is 6. The summed E-state index contributed by atoms with van der Waals surface area (Å²) < 4.78 is 27.6. The van der Waals surface area contributed by atoms with Gasteiger partial charge in [-0.1, -0.05) is 11.6 Å². The van der Waals surface area contributed by atoms with E-state index in [-0.39, 0.29) is 9.36 Å². The Balaban J connectivity index is 2.24. The Bertz CT molecular complexity index is 743. The largest absolute Gasteiger partial charge is 0.309 e. The van der Waals surface area contributed by atoms with Gasteiger partial charge in [0.2, 0.25) is 10.0 Å². The quantitative estimate of drug-likeness (QED) is 0.637. The predicted molar refractivity (Wildman–Crippen MR) is 85.5 cm³/mol. The fourth-order valence-electron chi connectivity index (χ4n) is 1.93. The molecule has 2 rings (SSSR count). The maximum absolute atomic E-state index is 12.4. The number of nitrogens with one attached hydrogen (secondary N) is 1. The molecular weight excluding hydrogens is 332 g/mol. The molecule has 2 aromatic heterocycles. The molecule has 0 unspecified atom stereocenters. The molecule has 0 saturated heterocycles. The second kappa shape index (κ2) is 6.53. The van der Waals surface area contributed by atoms with E-state index in [1.165, 1.54) is 6.33 Å². The van der Waals surface area contributed by atoms with Crippen LogP contribution in [0.25, 0.3) is 10.2 Å². The standard InChI is InChI=1S/C12H17ClN4O2S2/c1-8-9-10(13)14-7-15-11(9)20-12(8)21(18,19)16-5-4-6-17(2)3/h7,16H,4-6H2,1-3H3. The number of rotatable bonds is 6. The molecule has 0 spiro atoms. The van der Waals surface area contributed by atoms with E-state index in [9.17, 15) is 8.42 Å². The lowest BCUT2D eigenvalue weighted by Gasteiger charge is -2.10. The Hall–Kier alpha value is -0.800. The first kappa shape index (κ1) is 16.6. The Labute approximate surface area is 133 Å². The molecule has 9 heteroatoms. The third-order valence-electron chi connectivity index (χ3n) is 2.96. The normalized spacial score (nSPS) is 12.4. The summed E-state index contributed by atoms with van der Waals surface area (Å²) in [6.45, 7) is 2.95. The number of aryl methyl sites for hydroxylation is 1. The van der Waals surface area contributed by atoms with E-state index in [1.54, 1.807) is 6.92 Å². The van der Waals surface area contributed by atoms with Gasteiger partial charge in [-0.15, -0.1) is 11.3 Å². The SMILES string of the molecule is Cc1c(S(=O)(=O)NCCCN(C)C)sc2ncnc(Cl)c12. The molecule has 116 valence electrons. The summed E-state index contributed by atoms with van der Waals surface area (Å²) in [5.74, 6) is 0. The molecule has 0 bridgehead atoms. The van der Waals surface area contributed by atoms with Gasteiger partial charge < -0.3 is 4.90 Å². The minimum atomic E-state index is -3.54. The van der Waals surface area contributed by atoms with Crippen LogP contribution in [0, 0.1) is 6.92 Å².